The fraction of sp³-hybridized carbons (Fsp3) is 0.200. The Kier molecular flexibility index (Phi) is 4.30. The van der Waals surface area contributed by atoms with Gasteiger partial charge in [-0.3, -0.25) is 19.7 Å². The van der Waals surface area contributed by atoms with E-state index in [1.54, 1.807) is 0 Å². The summed E-state index contributed by atoms with van der Waals surface area (Å²) in [6.45, 7) is 0. The number of carbonyl (C=O) groups excluding carboxylic acids is 2. The molecular weight excluding hydrogens is 278 g/mol. The maximum atomic E-state index is 11.5. The number of nitro benzene ring substituents is 1. The number of alkyl halides is 1. The number of aldehydes is 1. The second-order valence-corrected chi connectivity index (χ2v) is 3.81. The lowest BCUT2D eigenvalue weighted by molar-refractivity contribution is -0.385. The first-order chi connectivity index (χ1) is 7.60. The van der Waals surface area contributed by atoms with Crippen molar-refractivity contribution >= 4 is 33.7 Å². The third-order valence-electron chi connectivity index (χ3n) is 1.98. The van der Waals surface area contributed by atoms with Gasteiger partial charge in [-0.1, -0.05) is 22.0 Å². The van der Waals surface area contributed by atoms with Crippen LogP contribution in [-0.2, 0) is 0 Å². The summed E-state index contributed by atoms with van der Waals surface area (Å²) >= 11 is 3.09. The van der Waals surface area contributed by atoms with Gasteiger partial charge in [-0.25, -0.2) is 0 Å². The highest BCUT2D eigenvalue weighted by atomic mass is 79.9. The minimum atomic E-state index is -0.658. The molecule has 0 heterocycles. The lowest BCUT2D eigenvalue weighted by Gasteiger charge is -2.01. The number of nitro groups is 1. The van der Waals surface area contributed by atoms with Crippen LogP contribution in [0.15, 0.2) is 18.2 Å². The van der Waals surface area contributed by atoms with Crippen LogP contribution in [0.5, 0.6) is 0 Å². The van der Waals surface area contributed by atoms with Crippen LogP contribution in [0.2, 0.25) is 0 Å². The summed E-state index contributed by atoms with van der Waals surface area (Å²) in [7, 11) is 0. The van der Waals surface area contributed by atoms with Gasteiger partial charge in [-0.15, -0.1) is 0 Å². The van der Waals surface area contributed by atoms with Gasteiger partial charge >= 0.3 is 0 Å². The molecule has 0 saturated carbocycles. The maximum Gasteiger partial charge on any atom is 0.280 e. The molecule has 0 aromatic heterocycles. The van der Waals surface area contributed by atoms with Crippen LogP contribution in [0.25, 0.3) is 0 Å². The molecule has 0 N–H and O–H groups in total. The Morgan fingerprint density at radius 1 is 1.50 bits per heavy atom. The molecule has 0 aliphatic rings. The number of hydrogen-bond donors (Lipinski definition) is 0. The van der Waals surface area contributed by atoms with Crippen molar-refractivity contribution in [1.82, 2.24) is 0 Å². The molecule has 6 heteroatoms. The van der Waals surface area contributed by atoms with Crippen molar-refractivity contribution in [1.29, 1.82) is 0 Å². The van der Waals surface area contributed by atoms with Crippen molar-refractivity contribution < 1.29 is 14.5 Å². The second kappa shape index (κ2) is 5.50. The number of Topliss-reactive ketones (excluding diaryl/α,β-unsaturated/α-hetero) is 1. The summed E-state index contributed by atoms with van der Waals surface area (Å²) in [6.07, 6.45) is 0.688. The summed E-state index contributed by atoms with van der Waals surface area (Å²) in [5, 5.41) is 11.2. The molecule has 5 nitrogen and oxygen atoms in total. The zero-order valence-electron chi connectivity index (χ0n) is 8.18. The van der Waals surface area contributed by atoms with Crippen LogP contribution in [-0.4, -0.2) is 22.3 Å². The molecule has 16 heavy (non-hydrogen) atoms. The van der Waals surface area contributed by atoms with Crippen molar-refractivity contribution in [3.63, 3.8) is 0 Å². The van der Waals surface area contributed by atoms with E-state index in [9.17, 15) is 19.7 Å². The molecule has 1 aromatic carbocycles. The minimum Gasteiger partial charge on any atom is -0.298 e. The predicted octanol–water partition coefficient (Wildman–Crippen LogP) is 2.38. The Morgan fingerprint density at radius 2 is 2.19 bits per heavy atom. The molecule has 0 spiro atoms. The summed E-state index contributed by atoms with van der Waals surface area (Å²) < 4.78 is 0. The van der Waals surface area contributed by atoms with Gasteiger partial charge in [0.2, 0.25) is 0 Å². The van der Waals surface area contributed by atoms with Crippen LogP contribution < -0.4 is 0 Å². The number of rotatable bonds is 5. The van der Waals surface area contributed by atoms with E-state index >= 15 is 0 Å². The van der Waals surface area contributed by atoms with E-state index < -0.39 is 4.92 Å². The van der Waals surface area contributed by atoms with Gasteiger partial charge in [0, 0.05) is 23.4 Å². The summed E-state index contributed by atoms with van der Waals surface area (Å²) in [5.41, 5.74) is -0.104. The normalized spacial score (nSPS) is 9.81. The van der Waals surface area contributed by atoms with Gasteiger partial charge in [-0.05, 0) is 6.07 Å². The van der Waals surface area contributed by atoms with E-state index in [0.717, 1.165) is 6.07 Å². The van der Waals surface area contributed by atoms with Gasteiger partial charge in [0.15, 0.2) is 5.78 Å². The molecule has 84 valence electrons. The van der Waals surface area contributed by atoms with E-state index in [1.807, 2.05) is 0 Å². The lowest BCUT2D eigenvalue weighted by Crippen LogP contribution is -2.05. The molecule has 0 fully saturated rings. The van der Waals surface area contributed by atoms with Crippen LogP contribution in [0, 0.1) is 10.1 Å². The molecule has 0 amide bonds. The van der Waals surface area contributed by atoms with E-state index in [1.165, 1.54) is 12.1 Å². The molecule has 0 unspecified atom stereocenters. The third-order valence-corrected chi connectivity index (χ3v) is 2.37. The van der Waals surface area contributed by atoms with Crippen molar-refractivity contribution in [3.05, 3.63) is 39.4 Å². The smallest absolute Gasteiger partial charge is 0.280 e. The molecule has 0 atom stereocenters. The van der Waals surface area contributed by atoms with E-state index in [4.69, 9.17) is 0 Å². The molecular formula is C10H8BrNO4. The van der Waals surface area contributed by atoms with Gasteiger partial charge in [0.25, 0.3) is 5.69 Å². The molecule has 1 aromatic rings. The third kappa shape index (κ3) is 2.73. The predicted molar refractivity (Wildman–Crippen MR) is 61.2 cm³/mol. The van der Waals surface area contributed by atoms with Crippen molar-refractivity contribution in [2.45, 2.75) is 6.42 Å². The van der Waals surface area contributed by atoms with Crippen molar-refractivity contribution in [3.8, 4) is 0 Å². The highest BCUT2D eigenvalue weighted by Crippen LogP contribution is 2.21. The molecule has 0 saturated heterocycles. The number of ketones is 1. The molecule has 0 aliphatic heterocycles. The van der Waals surface area contributed by atoms with Crippen molar-refractivity contribution in [2.75, 3.05) is 5.33 Å². The van der Waals surface area contributed by atoms with Gasteiger partial charge in [-0.2, -0.15) is 0 Å². The monoisotopic (exact) mass is 285 g/mol. The number of benzene rings is 1. The Hall–Kier alpha value is -1.56. The van der Waals surface area contributed by atoms with Crippen LogP contribution in [0.3, 0.4) is 0 Å². The molecule has 0 bridgehead atoms. The van der Waals surface area contributed by atoms with E-state index in [0.29, 0.717) is 11.6 Å². The first-order valence-electron chi connectivity index (χ1n) is 4.43. The molecule has 0 radical (unpaired) electrons. The van der Waals surface area contributed by atoms with Gasteiger partial charge < -0.3 is 0 Å². The Morgan fingerprint density at radius 3 is 2.69 bits per heavy atom. The van der Waals surface area contributed by atoms with Crippen LogP contribution >= 0.6 is 15.9 Å². The first kappa shape index (κ1) is 12.5. The number of halogens is 1. The fourth-order valence-corrected chi connectivity index (χ4v) is 1.59. The van der Waals surface area contributed by atoms with E-state index in [2.05, 4.69) is 15.9 Å². The highest BCUT2D eigenvalue weighted by molar-refractivity contribution is 9.09. The van der Waals surface area contributed by atoms with E-state index in [-0.39, 0.29) is 29.0 Å². The molecule has 1 rings (SSSR count). The summed E-state index contributed by atoms with van der Waals surface area (Å²) in [4.78, 5) is 32.1. The number of nitrogens with zero attached hydrogens (tertiary/aromatic N) is 1. The second-order valence-electron chi connectivity index (χ2n) is 3.01. The Balaban J connectivity index is 3.22. The van der Waals surface area contributed by atoms with Gasteiger partial charge in [0.1, 0.15) is 6.29 Å². The number of carbonyl (C=O) groups is 2. The Labute approximate surface area is 99.7 Å². The van der Waals surface area contributed by atoms with Crippen LogP contribution in [0.1, 0.15) is 27.1 Å². The zero-order valence-corrected chi connectivity index (χ0v) is 9.77. The lowest BCUT2D eigenvalue weighted by atomic mass is 10.0. The first-order valence-corrected chi connectivity index (χ1v) is 5.55. The quantitative estimate of drug-likeness (QED) is 0.274. The largest absolute Gasteiger partial charge is 0.298 e. The highest BCUT2D eigenvalue weighted by Gasteiger charge is 2.19. The average Bonchev–Trinajstić information content (AvgIpc) is 2.28. The fourth-order valence-electron chi connectivity index (χ4n) is 1.23. The standard InChI is InChI=1S/C10H8BrNO4/c11-4-3-10(14)8-2-1-7(6-13)5-9(8)12(15)16/h1-2,5-6H,3-4H2. The molecule has 0 aliphatic carbocycles. The maximum absolute atomic E-state index is 11.5. The average molecular weight is 286 g/mol. The summed E-state index contributed by atoms with van der Waals surface area (Å²) in [6, 6.07) is 3.81. The summed E-state index contributed by atoms with van der Waals surface area (Å²) in [5.74, 6) is -0.318. The van der Waals surface area contributed by atoms with Gasteiger partial charge in [0.05, 0.1) is 10.5 Å². The Bertz CT molecular complexity index is 444. The van der Waals surface area contributed by atoms with Crippen molar-refractivity contribution in [2.24, 2.45) is 0 Å². The topological polar surface area (TPSA) is 77.3 Å². The SMILES string of the molecule is O=Cc1ccc(C(=O)CCBr)c([N+](=O)[O-])c1. The number of hydrogen-bond acceptors (Lipinski definition) is 4. The van der Waals surface area contributed by atoms with Crippen LogP contribution in [0.4, 0.5) is 5.69 Å². The zero-order chi connectivity index (χ0) is 12.1. The minimum absolute atomic E-state index is 0.0371.